The van der Waals surface area contributed by atoms with E-state index in [0.29, 0.717) is 11.5 Å². The largest absolute Gasteiger partial charge is 0.339 e. The van der Waals surface area contributed by atoms with Gasteiger partial charge in [-0.3, -0.25) is 4.98 Å². The number of rotatable bonds is 2. The molecule has 0 bridgehead atoms. The smallest absolute Gasteiger partial charge is 0.149 e. The molecule has 0 spiro atoms. The van der Waals surface area contributed by atoms with Crippen molar-refractivity contribution in [2.45, 2.75) is 0 Å². The summed E-state index contributed by atoms with van der Waals surface area (Å²) in [5, 5.41) is 5.32. The molecule has 106 valence electrons. The third kappa shape index (κ3) is 2.35. The molecule has 0 saturated heterocycles. The number of halogens is 1. The molecule has 0 atom stereocenters. The molecule has 0 fully saturated rings. The van der Waals surface area contributed by atoms with Gasteiger partial charge in [-0.25, -0.2) is 9.37 Å². The van der Waals surface area contributed by atoms with E-state index in [9.17, 15) is 4.39 Å². The monoisotopic (exact) mass is 289 g/mol. The van der Waals surface area contributed by atoms with Crippen LogP contribution in [-0.2, 0) is 0 Å². The van der Waals surface area contributed by atoms with Crippen LogP contribution in [0, 0.1) is 5.82 Å². The van der Waals surface area contributed by atoms with Gasteiger partial charge >= 0.3 is 0 Å². The maximum absolute atomic E-state index is 13.2. The van der Waals surface area contributed by atoms with E-state index < -0.39 is 0 Å². The van der Waals surface area contributed by atoms with E-state index in [0.717, 1.165) is 21.8 Å². The third-order valence-corrected chi connectivity index (χ3v) is 3.51. The first-order chi connectivity index (χ1) is 10.8. The summed E-state index contributed by atoms with van der Waals surface area (Å²) in [5.74, 6) is 0.304. The molecule has 0 unspecified atom stereocenters. The number of hydrogen-bond acceptors (Lipinski definition) is 3. The Kier molecular flexibility index (Phi) is 2.93. The van der Waals surface area contributed by atoms with Gasteiger partial charge in [-0.05, 0) is 41.1 Å². The first kappa shape index (κ1) is 12.7. The number of nitrogens with zero attached hydrogens (tertiary/aromatic N) is 2. The molecule has 3 aromatic carbocycles. The SMILES string of the molecule is Fc1cccc(Nc2cnc3cc4ccccc4cc3n2)c1. The molecule has 0 radical (unpaired) electrons. The summed E-state index contributed by atoms with van der Waals surface area (Å²) < 4.78 is 13.2. The number of aromatic nitrogens is 2. The molecular weight excluding hydrogens is 277 g/mol. The van der Waals surface area contributed by atoms with Crippen molar-refractivity contribution in [3.05, 3.63) is 72.7 Å². The molecule has 0 aliphatic carbocycles. The van der Waals surface area contributed by atoms with Crippen molar-refractivity contribution < 1.29 is 4.39 Å². The fourth-order valence-corrected chi connectivity index (χ4v) is 2.47. The fourth-order valence-electron chi connectivity index (χ4n) is 2.47. The Labute approximate surface area is 126 Å². The predicted octanol–water partition coefficient (Wildman–Crippen LogP) is 4.67. The van der Waals surface area contributed by atoms with Crippen molar-refractivity contribution in [3.8, 4) is 0 Å². The van der Waals surface area contributed by atoms with Gasteiger partial charge in [0.25, 0.3) is 0 Å². The lowest BCUT2D eigenvalue weighted by atomic mass is 10.1. The number of benzene rings is 3. The number of nitrogens with one attached hydrogen (secondary N) is 1. The van der Waals surface area contributed by atoms with Gasteiger partial charge in [0.2, 0.25) is 0 Å². The Balaban J connectivity index is 1.78. The van der Waals surface area contributed by atoms with Gasteiger partial charge in [0.05, 0.1) is 17.2 Å². The highest BCUT2D eigenvalue weighted by atomic mass is 19.1. The second-order valence-corrected chi connectivity index (χ2v) is 5.08. The molecule has 0 aliphatic heterocycles. The van der Waals surface area contributed by atoms with Crippen LogP contribution in [0.4, 0.5) is 15.9 Å². The van der Waals surface area contributed by atoms with Crippen LogP contribution in [0.15, 0.2) is 66.9 Å². The van der Waals surface area contributed by atoms with Gasteiger partial charge in [-0.15, -0.1) is 0 Å². The van der Waals surface area contributed by atoms with Crippen LogP contribution < -0.4 is 5.32 Å². The maximum atomic E-state index is 13.2. The van der Waals surface area contributed by atoms with Crippen LogP contribution in [0.2, 0.25) is 0 Å². The normalized spacial score (nSPS) is 11.0. The summed E-state index contributed by atoms with van der Waals surface area (Å²) >= 11 is 0. The van der Waals surface area contributed by atoms with E-state index in [1.807, 2.05) is 30.3 Å². The van der Waals surface area contributed by atoms with Crippen molar-refractivity contribution in [2.24, 2.45) is 0 Å². The lowest BCUT2D eigenvalue weighted by molar-refractivity contribution is 0.628. The van der Waals surface area contributed by atoms with E-state index in [4.69, 9.17) is 0 Å². The molecule has 4 aromatic rings. The van der Waals surface area contributed by atoms with Crippen molar-refractivity contribution in [2.75, 3.05) is 5.32 Å². The molecular formula is C18H12FN3. The van der Waals surface area contributed by atoms with E-state index in [1.165, 1.54) is 12.1 Å². The lowest BCUT2D eigenvalue weighted by Crippen LogP contribution is -1.96. The van der Waals surface area contributed by atoms with Gasteiger partial charge in [-0.2, -0.15) is 0 Å². The van der Waals surface area contributed by atoms with E-state index in [-0.39, 0.29) is 5.82 Å². The van der Waals surface area contributed by atoms with Gasteiger partial charge in [0.1, 0.15) is 11.6 Å². The Morgan fingerprint density at radius 3 is 2.36 bits per heavy atom. The zero-order valence-electron chi connectivity index (χ0n) is 11.6. The Bertz CT molecular complexity index is 982. The van der Waals surface area contributed by atoms with E-state index in [1.54, 1.807) is 18.3 Å². The van der Waals surface area contributed by atoms with Crippen molar-refractivity contribution in [1.82, 2.24) is 9.97 Å². The van der Waals surface area contributed by atoms with E-state index >= 15 is 0 Å². The van der Waals surface area contributed by atoms with Gasteiger partial charge in [0.15, 0.2) is 0 Å². The molecule has 0 saturated carbocycles. The number of hydrogen-bond donors (Lipinski definition) is 1. The van der Waals surface area contributed by atoms with E-state index in [2.05, 4.69) is 21.4 Å². The molecule has 3 nitrogen and oxygen atoms in total. The Hall–Kier alpha value is -3.01. The van der Waals surface area contributed by atoms with Crippen molar-refractivity contribution in [3.63, 3.8) is 0 Å². The molecule has 4 rings (SSSR count). The summed E-state index contributed by atoms with van der Waals surface area (Å²) in [7, 11) is 0. The predicted molar refractivity (Wildman–Crippen MR) is 86.7 cm³/mol. The lowest BCUT2D eigenvalue weighted by Gasteiger charge is -2.07. The minimum absolute atomic E-state index is 0.287. The second kappa shape index (κ2) is 5.07. The summed E-state index contributed by atoms with van der Waals surface area (Å²) in [4.78, 5) is 8.99. The Morgan fingerprint density at radius 2 is 1.59 bits per heavy atom. The standard InChI is InChI=1S/C18H12FN3/c19-14-6-3-7-15(10-14)21-18-11-20-16-8-12-4-1-2-5-13(12)9-17(16)22-18/h1-11H,(H,21,22). The van der Waals surface area contributed by atoms with Crippen LogP contribution in [0.3, 0.4) is 0 Å². The highest BCUT2D eigenvalue weighted by Crippen LogP contribution is 2.22. The average molecular weight is 289 g/mol. The van der Waals surface area contributed by atoms with Crippen molar-refractivity contribution in [1.29, 1.82) is 0 Å². The highest BCUT2D eigenvalue weighted by molar-refractivity contribution is 5.95. The second-order valence-electron chi connectivity index (χ2n) is 5.08. The molecule has 1 aromatic heterocycles. The van der Waals surface area contributed by atoms with Crippen LogP contribution >= 0.6 is 0 Å². The zero-order valence-corrected chi connectivity index (χ0v) is 11.6. The fraction of sp³-hybridized carbons (Fsp3) is 0. The molecule has 1 N–H and O–H groups in total. The molecule has 0 aliphatic rings. The molecule has 22 heavy (non-hydrogen) atoms. The van der Waals surface area contributed by atoms with Gasteiger partial charge in [0, 0.05) is 5.69 Å². The van der Waals surface area contributed by atoms with Crippen LogP contribution in [0.25, 0.3) is 21.8 Å². The molecule has 0 amide bonds. The first-order valence-corrected chi connectivity index (χ1v) is 6.96. The van der Waals surface area contributed by atoms with Crippen LogP contribution in [-0.4, -0.2) is 9.97 Å². The van der Waals surface area contributed by atoms with Gasteiger partial charge < -0.3 is 5.32 Å². The first-order valence-electron chi connectivity index (χ1n) is 6.96. The topological polar surface area (TPSA) is 37.8 Å². The number of fused-ring (bicyclic) bond motifs is 2. The van der Waals surface area contributed by atoms with Crippen LogP contribution in [0.1, 0.15) is 0 Å². The van der Waals surface area contributed by atoms with Gasteiger partial charge in [-0.1, -0.05) is 30.3 Å². The highest BCUT2D eigenvalue weighted by Gasteiger charge is 2.03. The molecule has 1 heterocycles. The third-order valence-electron chi connectivity index (χ3n) is 3.51. The van der Waals surface area contributed by atoms with Crippen molar-refractivity contribution >= 4 is 33.3 Å². The average Bonchev–Trinajstić information content (AvgIpc) is 2.53. The minimum atomic E-state index is -0.287. The summed E-state index contributed by atoms with van der Waals surface area (Å²) in [6, 6.07) is 18.4. The summed E-state index contributed by atoms with van der Waals surface area (Å²) in [6.07, 6.45) is 1.65. The molecule has 4 heteroatoms. The summed E-state index contributed by atoms with van der Waals surface area (Å²) in [5.41, 5.74) is 2.29. The maximum Gasteiger partial charge on any atom is 0.149 e. The summed E-state index contributed by atoms with van der Waals surface area (Å²) in [6.45, 7) is 0. The quantitative estimate of drug-likeness (QED) is 0.545. The Morgan fingerprint density at radius 1 is 0.818 bits per heavy atom. The zero-order chi connectivity index (χ0) is 14.9. The number of anilines is 2. The van der Waals surface area contributed by atoms with Crippen LogP contribution in [0.5, 0.6) is 0 Å². The minimum Gasteiger partial charge on any atom is -0.339 e.